The monoisotopic (exact) mass is 299 g/mol. The summed E-state index contributed by atoms with van der Waals surface area (Å²) in [6, 6.07) is 12.2. The standard InChI is InChI=1S/C18H21NOS/c1-12-9-14(3)18(15(4)10-12)21-11-17(20)19-16-8-6-5-7-13(16)2/h5-10H,11H2,1-4H3,(H,19,20). The van der Waals surface area contributed by atoms with Gasteiger partial charge in [-0.1, -0.05) is 35.9 Å². The van der Waals surface area contributed by atoms with E-state index in [1.807, 2.05) is 31.2 Å². The van der Waals surface area contributed by atoms with Crippen molar-refractivity contribution in [2.45, 2.75) is 32.6 Å². The van der Waals surface area contributed by atoms with Crippen LogP contribution in [0.3, 0.4) is 0 Å². The molecular weight excluding hydrogens is 278 g/mol. The number of thioether (sulfide) groups is 1. The van der Waals surface area contributed by atoms with E-state index in [-0.39, 0.29) is 5.91 Å². The molecule has 0 saturated carbocycles. The van der Waals surface area contributed by atoms with E-state index in [9.17, 15) is 4.79 Å². The first-order chi connectivity index (χ1) is 9.97. The van der Waals surface area contributed by atoms with Crippen LogP contribution in [0, 0.1) is 27.7 Å². The second-order valence-electron chi connectivity index (χ2n) is 5.38. The average molecular weight is 299 g/mol. The first kappa shape index (κ1) is 15.6. The molecule has 0 fully saturated rings. The van der Waals surface area contributed by atoms with Crippen LogP contribution in [-0.4, -0.2) is 11.7 Å². The molecule has 0 unspecified atom stereocenters. The van der Waals surface area contributed by atoms with E-state index < -0.39 is 0 Å². The van der Waals surface area contributed by atoms with E-state index in [4.69, 9.17) is 0 Å². The van der Waals surface area contributed by atoms with Crippen LogP contribution in [-0.2, 0) is 4.79 Å². The maximum Gasteiger partial charge on any atom is 0.234 e. The van der Waals surface area contributed by atoms with Crippen molar-refractivity contribution in [3.8, 4) is 0 Å². The Bertz CT molecular complexity index is 641. The predicted octanol–water partition coefficient (Wildman–Crippen LogP) is 4.65. The van der Waals surface area contributed by atoms with Crippen LogP contribution in [0.1, 0.15) is 22.3 Å². The fourth-order valence-electron chi connectivity index (χ4n) is 2.43. The number of hydrogen-bond donors (Lipinski definition) is 1. The first-order valence-electron chi connectivity index (χ1n) is 7.03. The lowest BCUT2D eigenvalue weighted by molar-refractivity contribution is -0.113. The molecule has 0 heterocycles. The van der Waals surface area contributed by atoms with Crippen molar-refractivity contribution >= 4 is 23.4 Å². The Kier molecular flexibility index (Phi) is 5.07. The Hall–Kier alpha value is -1.74. The van der Waals surface area contributed by atoms with Gasteiger partial charge in [0.2, 0.25) is 5.91 Å². The van der Waals surface area contributed by atoms with E-state index >= 15 is 0 Å². The van der Waals surface area contributed by atoms with Crippen molar-refractivity contribution in [2.24, 2.45) is 0 Å². The highest BCUT2D eigenvalue weighted by atomic mass is 32.2. The SMILES string of the molecule is Cc1cc(C)c(SCC(=O)Nc2ccccc2C)c(C)c1. The minimum absolute atomic E-state index is 0.0358. The quantitative estimate of drug-likeness (QED) is 0.833. The van der Waals surface area contributed by atoms with Crippen LogP contribution < -0.4 is 5.32 Å². The van der Waals surface area contributed by atoms with Crippen LogP contribution >= 0.6 is 11.8 Å². The van der Waals surface area contributed by atoms with Crippen molar-refractivity contribution < 1.29 is 4.79 Å². The number of carbonyl (C=O) groups is 1. The molecule has 0 spiro atoms. The van der Waals surface area contributed by atoms with Gasteiger partial charge in [-0.3, -0.25) is 4.79 Å². The lowest BCUT2D eigenvalue weighted by Crippen LogP contribution is -2.15. The number of rotatable bonds is 4. The molecule has 0 atom stereocenters. The average Bonchev–Trinajstić information content (AvgIpc) is 2.40. The predicted molar refractivity (Wildman–Crippen MR) is 91.2 cm³/mol. The smallest absolute Gasteiger partial charge is 0.234 e. The number of hydrogen-bond acceptors (Lipinski definition) is 2. The summed E-state index contributed by atoms with van der Waals surface area (Å²) in [6.07, 6.45) is 0. The number of nitrogens with one attached hydrogen (secondary N) is 1. The largest absolute Gasteiger partial charge is 0.325 e. The Morgan fingerprint density at radius 1 is 1.00 bits per heavy atom. The molecule has 2 aromatic carbocycles. The summed E-state index contributed by atoms with van der Waals surface area (Å²) >= 11 is 1.60. The van der Waals surface area contributed by atoms with Gasteiger partial charge in [0.15, 0.2) is 0 Å². The lowest BCUT2D eigenvalue weighted by atomic mass is 10.1. The summed E-state index contributed by atoms with van der Waals surface area (Å²) in [5.41, 5.74) is 5.71. The highest BCUT2D eigenvalue weighted by Gasteiger charge is 2.09. The first-order valence-corrected chi connectivity index (χ1v) is 8.02. The summed E-state index contributed by atoms with van der Waals surface area (Å²) < 4.78 is 0. The van der Waals surface area contributed by atoms with E-state index in [0.717, 1.165) is 11.3 Å². The number of benzene rings is 2. The minimum Gasteiger partial charge on any atom is -0.325 e. The molecule has 2 nitrogen and oxygen atoms in total. The number of anilines is 1. The van der Waals surface area contributed by atoms with Crippen molar-refractivity contribution in [3.05, 3.63) is 58.7 Å². The molecule has 0 aliphatic heterocycles. The van der Waals surface area contributed by atoms with Gasteiger partial charge in [0.25, 0.3) is 0 Å². The zero-order valence-electron chi connectivity index (χ0n) is 13.0. The number of carbonyl (C=O) groups excluding carboxylic acids is 1. The van der Waals surface area contributed by atoms with Crippen molar-refractivity contribution in [2.75, 3.05) is 11.1 Å². The van der Waals surface area contributed by atoms with Crippen LogP contribution in [0.2, 0.25) is 0 Å². The Balaban J connectivity index is 2.01. The molecule has 0 aromatic heterocycles. The lowest BCUT2D eigenvalue weighted by Gasteiger charge is -2.11. The Labute approximate surface area is 131 Å². The zero-order valence-corrected chi connectivity index (χ0v) is 13.8. The number of aryl methyl sites for hydroxylation is 4. The molecule has 1 N–H and O–H groups in total. The molecule has 0 aliphatic rings. The second kappa shape index (κ2) is 6.81. The molecule has 0 aliphatic carbocycles. The molecule has 110 valence electrons. The van der Waals surface area contributed by atoms with E-state index in [2.05, 4.69) is 38.2 Å². The highest BCUT2D eigenvalue weighted by molar-refractivity contribution is 8.00. The maximum atomic E-state index is 12.1. The molecule has 0 saturated heterocycles. The summed E-state index contributed by atoms with van der Waals surface area (Å²) in [4.78, 5) is 13.3. The molecule has 0 radical (unpaired) electrons. The molecule has 0 bridgehead atoms. The Morgan fingerprint density at radius 2 is 1.62 bits per heavy atom. The third-order valence-corrected chi connectivity index (χ3v) is 4.71. The van der Waals surface area contributed by atoms with E-state index in [0.29, 0.717) is 5.75 Å². The van der Waals surface area contributed by atoms with Gasteiger partial charge in [0.05, 0.1) is 5.75 Å². The fraction of sp³-hybridized carbons (Fsp3) is 0.278. The van der Waals surface area contributed by atoms with Gasteiger partial charge in [-0.2, -0.15) is 0 Å². The molecule has 2 rings (SSSR count). The summed E-state index contributed by atoms with van der Waals surface area (Å²) in [5, 5.41) is 2.97. The summed E-state index contributed by atoms with van der Waals surface area (Å²) in [7, 11) is 0. The van der Waals surface area contributed by atoms with Crippen LogP contribution in [0.4, 0.5) is 5.69 Å². The van der Waals surface area contributed by atoms with Gasteiger partial charge in [-0.05, 0) is 50.5 Å². The molecule has 3 heteroatoms. The van der Waals surface area contributed by atoms with Gasteiger partial charge in [-0.15, -0.1) is 11.8 Å². The normalized spacial score (nSPS) is 10.5. The van der Waals surface area contributed by atoms with Gasteiger partial charge in [0.1, 0.15) is 0 Å². The van der Waals surface area contributed by atoms with Gasteiger partial charge in [0, 0.05) is 10.6 Å². The maximum absolute atomic E-state index is 12.1. The number of amides is 1. The van der Waals surface area contributed by atoms with E-state index in [1.165, 1.54) is 21.6 Å². The fourth-order valence-corrected chi connectivity index (χ4v) is 3.35. The van der Waals surface area contributed by atoms with Gasteiger partial charge >= 0.3 is 0 Å². The summed E-state index contributed by atoms with van der Waals surface area (Å²) in [6.45, 7) is 8.29. The second-order valence-corrected chi connectivity index (χ2v) is 6.37. The van der Waals surface area contributed by atoms with Gasteiger partial charge < -0.3 is 5.32 Å². The third kappa shape index (κ3) is 4.11. The van der Waals surface area contributed by atoms with Crippen molar-refractivity contribution in [3.63, 3.8) is 0 Å². The Morgan fingerprint density at radius 3 is 2.24 bits per heavy atom. The molecular formula is C18H21NOS. The molecule has 2 aromatic rings. The third-order valence-electron chi connectivity index (χ3n) is 3.37. The molecule has 1 amide bonds. The van der Waals surface area contributed by atoms with Crippen LogP contribution in [0.5, 0.6) is 0 Å². The topological polar surface area (TPSA) is 29.1 Å². The molecule has 21 heavy (non-hydrogen) atoms. The van der Waals surface area contributed by atoms with Crippen molar-refractivity contribution in [1.29, 1.82) is 0 Å². The van der Waals surface area contributed by atoms with Crippen molar-refractivity contribution in [1.82, 2.24) is 0 Å². The van der Waals surface area contributed by atoms with Crippen LogP contribution in [0.15, 0.2) is 41.3 Å². The van der Waals surface area contributed by atoms with E-state index in [1.54, 1.807) is 11.8 Å². The van der Waals surface area contributed by atoms with Crippen LogP contribution in [0.25, 0.3) is 0 Å². The minimum atomic E-state index is 0.0358. The summed E-state index contributed by atoms with van der Waals surface area (Å²) in [5.74, 6) is 0.465. The van der Waals surface area contributed by atoms with Gasteiger partial charge in [-0.25, -0.2) is 0 Å². The number of para-hydroxylation sites is 1. The highest BCUT2D eigenvalue weighted by Crippen LogP contribution is 2.27. The zero-order chi connectivity index (χ0) is 15.4.